The molecule has 2 heterocycles. The third kappa shape index (κ3) is 4.20. The first kappa shape index (κ1) is 21.5. The molecule has 0 aliphatic rings. The predicted molar refractivity (Wildman–Crippen MR) is 131 cm³/mol. The molecule has 0 saturated heterocycles. The summed E-state index contributed by atoms with van der Waals surface area (Å²) in [6.45, 7) is 3.42. The summed E-state index contributed by atoms with van der Waals surface area (Å²) < 4.78 is 1.98. The lowest BCUT2D eigenvalue weighted by atomic mass is 10.2. The molecule has 156 valence electrons. The number of anilines is 1. The van der Waals surface area contributed by atoms with E-state index in [-0.39, 0.29) is 5.91 Å². The van der Waals surface area contributed by atoms with Gasteiger partial charge in [-0.25, -0.2) is 4.98 Å². The topological polar surface area (TPSA) is 36.4 Å². The van der Waals surface area contributed by atoms with Crippen LogP contribution in [0.2, 0.25) is 10.0 Å². The lowest BCUT2D eigenvalue weighted by Gasteiger charge is -2.20. The van der Waals surface area contributed by atoms with Gasteiger partial charge in [0.1, 0.15) is 4.88 Å². The van der Waals surface area contributed by atoms with Crippen molar-refractivity contribution in [2.24, 2.45) is 0 Å². The number of hydrogen-bond donors (Lipinski definition) is 0. The first-order valence-corrected chi connectivity index (χ1v) is 11.9. The van der Waals surface area contributed by atoms with Crippen molar-refractivity contribution >= 4 is 77.2 Å². The van der Waals surface area contributed by atoms with Gasteiger partial charge in [-0.05, 0) is 57.7 Å². The number of fused-ring (bicyclic) bond motifs is 2. The summed E-state index contributed by atoms with van der Waals surface area (Å²) in [5.41, 5.74) is 1.88. The standard InChI is InChI=1S/C22H21Cl2N3OS2/c1-13-11-14(23)12-17-19(13)25-22(30-17)27(10-6-9-26(2)3)21(28)20-18(24)15-7-4-5-8-16(15)29-20/h4-5,7-8,11-12H,6,9-10H2,1-3H3. The van der Waals surface area contributed by atoms with Crippen LogP contribution in [-0.2, 0) is 0 Å². The molecular weight excluding hydrogens is 457 g/mol. The monoisotopic (exact) mass is 477 g/mol. The van der Waals surface area contributed by atoms with Gasteiger partial charge in [0.15, 0.2) is 5.13 Å². The Morgan fingerprint density at radius 2 is 1.83 bits per heavy atom. The molecule has 0 saturated carbocycles. The Kier molecular flexibility index (Phi) is 6.32. The highest BCUT2D eigenvalue weighted by Gasteiger charge is 2.26. The Morgan fingerprint density at radius 3 is 2.57 bits per heavy atom. The van der Waals surface area contributed by atoms with Crippen molar-refractivity contribution in [1.29, 1.82) is 0 Å². The molecule has 8 heteroatoms. The van der Waals surface area contributed by atoms with Crippen LogP contribution < -0.4 is 4.90 Å². The number of rotatable bonds is 6. The minimum atomic E-state index is -0.109. The van der Waals surface area contributed by atoms with Gasteiger partial charge in [0, 0.05) is 21.7 Å². The molecule has 30 heavy (non-hydrogen) atoms. The molecule has 1 amide bonds. The normalized spacial score (nSPS) is 11.7. The number of halogens is 2. The van der Waals surface area contributed by atoms with Crippen molar-refractivity contribution in [2.75, 3.05) is 32.1 Å². The summed E-state index contributed by atoms with van der Waals surface area (Å²) in [7, 11) is 4.05. The molecule has 0 unspecified atom stereocenters. The maximum atomic E-state index is 13.6. The molecule has 0 fully saturated rings. The predicted octanol–water partition coefficient (Wildman–Crippen LogP) is 6.72. The van der Waals surface area contributed by atoms with E-state index in [4.69, 9.17) is 28.2 Å². The highest BCUT2D eigenvalue weighted by molar-refractivity contribution is 7.23. The number of nitrogens with zero attached hydrogens (tertiary/aromatic N) is 3. The summed E-state index contributed by atoms with van der Waals surface area (Å²) in [6.07, 6.45) is 0.830. The number of aromatic nitrogens is 1. The minimum Gasteiger partial charge on any atom is -0.309 e. The van der Waals surface area contributed by atoms with Gasteiger partial charge in [-0.15, -0.1) is 11.3 Å². The first-order valence-electron chi connectivity index (χ1n) is 9.55. The Balaban J connectivity index is 1.76. The van der Waals surface area contributed by atoms with Gasteiger partial charge in [-0.3, -0.25) is 9.69 Å². The van der Waals surface area contributed by atoms with E-state index in [0.29, 0.717) is 26.6 Å². The zero-order chi connectivity index (χ0) is 21.4. The molecule has 4 aromatic rings. The molecule has 0 atom stereocenters. The van der Waals surface area contributed by atoms with Crippen molar-refractivity contribution in [2.45, 2.75) is 13.3 Å². The summed E-state index contributed by atoms with van der Waals surface area (Å²) in [5.74, 6) is -0.109. The third-order valence-corrected chi connectivity index (χ3v) is 7.74. The summed E-state index contributed by atoms with van der Waals surface area (Å²) >= 11 is 15.8. The first-order chi connectivity index (χ1) is 14.3. The van der Waals surface area contributed by atoms with E-state index >= 15 is 0 Å². The van der Waals surface area contributed by atoms with Crippen LogP contribution in [0.3, 0.4) is 0 Å². The van der Waals surface area contributed by atoms with Crippen molar-refractivity contribution in [3.05, 3.63) is 56.9 Å². The number of carbonyl (C=O) groups is 1. The van der Waals surface area contributed by atoms with Crippen molar-refractivity contribution in [3.63, 3.8) is 0 Å². The number of aryl methyl sites for hydroxylation is 1. The van der Waals surface area contributed by atoms with Crippen LogP contribution in [0.5, 0.6) is 0 Å². The van der Waals surface area contributed by atoms with Gasteiger partial charge in [-0.2, -0.15) is 0 Å². The Bertz CT molecular complexity index is 1230. The molecule has 0 bridgehead atoms. The fraction of sp³-hybridized carbons (Fsp3) is 0.273. The maximum Gasteiger partial charge on any atom is 0.271 e. The number of hydrogen-bond acceptors (Lipinski definition) is 5. The van der Waals surface area contributed by atoms with Gasteiger partial charge >= 0.3 is 0 Å². The molecule has 0 aliphatic heterocycles. The molecule has 0 spiro atoms. The van der Waals surface area contributed by atoms with Gasteiger partial charge in [0.25, 0.3) is 5.91 Å². The van der Waals surface area contributed by atoms with Crippen LogP contribution >= 0.6 is 45.9 Å². The fourth-order valence-electron chi connectivity index (χ4n) is 3.36. The second-order valence-corrected chi connectivity index (χ2v) is 10.3. The van der Waals surface area contributed by atoms with Gasteiger partial charge in [-0.1, -0.05) is 52.7 Å². The van der Waals surface area contributed by atoms with E-state index in [1.54, 1.807) is 4.90 Å². The van der Waals surface area contributed by atoms with Crippen LogP contribution in [0.1, 0.15) is 21.7 Å². The molecule has 2 aromatic heterocycles. The smallest absolute Gasteiger partial charge is 0.271 e. The second-order valence-electron chi connectivity index (χ2n) is 7.42. The molecule has 4 rings (SSSR count). The summed E-state index contributed by atoms with van der Waals surface area (Å²) in [5, 5.41) is 2.77. The lowest BCUT2D eigenvalue weighted by Crippen LogP contribution is -2.33. The van der Waals surface area contributed by atoms with E-state index in [1.807, 2.05) is 57.4 Å². The van der Waals surface area contributed by atoms with Crippen LogP contribution in [0.25, 0.3) is 20.3 Å². The number of benzene rings is 2. The number of thiazole rings is 1. The number of thiophene rings is 1. The average Bonchev–Trinajstić information content (AvgIpc) is 3.26. The van der Waals surface area contributed by atoms with Gasteiger partial charge in [0.2, 0.25) is 0 Å². The summed E-state index contributed by atoms with van der Waals surface area (Å²) in [6, 6.07) is 11.6. The van der Waals surface area contributed by atoms with E-state index in [2.05, 4.69) is 4.90 Å². The van der Waals surface area contributed by atoms with Crippen LogP contribution in [0.15, 0.2) is 36.4 Å². The quantitative estimate of drug-likeness (QED) is 0.309. The van der Waals surface area contributed by atoms with Crippen molar-refractivity contribution in [1.82, 2.24) is 9.88 Å². The molecular formula is C22H21Cl2N3OS2. The minimum absolute atomic E-state index is 0.109. The molecule has 2 aromatic carbocycles. The SMILES string of the molecule is Cc1cc(Cl)cc2sc(N(CCCN(C)C)C(=O)c3sc4ccccc4c3Cl)nc12. The average molecular weight is 478 g/mol. The van der Waals surface area contributed by atoms with Crippen LogP contribution in [0.4, 0.5) is 5.13 Å². The zero-order valence-electron chi connectivity index (χ0n) is 16.9. The van der Waals surface area contributed by atoms with E-state index < -0.39 is 0 Å². The van der Waals surface area contributed by atoms with Gasteiger partial charge in [0.05, 0.1) is 15.2 Å². The highest BCUT2D eigenvalue weighted by atomic mass is 35.5. The van der Waals surface area contributed by atoms with Crippen LogP contribution in [-0.4, -0.2) is 43.0 Å². The number of carbonyl (C=O) groups excluding carboxylic acids is 1. The van der Waals surface area contributed by atoms with Gasteiger partial charge < -0.3 is 4.90 Å². The van der Waals surface area contributed by atoms with Crippen LogP contribution in [0, 0.1) is 6.92 Å². The van der Waals surface area contributed by atoms with Crippen molar-refractivity contribution < 1.29 is 4.79 Å². The molecule has 0 radical (unpaired) electrons. The Hall–Kier alpha value is -1.70. The highest BCUT2D eigenvalue weighted by Crippen LogP contribution is 2.38. The Labute approximate surface area is 193 Å². The second kappa shape index (κ2) is 8.81. The van der Waals surface area contributed by atoms with E-state index in [1.165, 1.54) is 22.7 Å². The van der Waals surface area contributed by atoms with Crippen molar-refractivity contribution in [3.8, 4) is 0 Å². The lowest BCUT2D eigenvalue weighted by molar-refractivity contribution is 0.0990. The largest absolute Gasteiger partial charge is 0.309 e. The Morgan fingerprint density at radius 1 is 1.07 bits per heavy atom. The maximum absolute atomic E-state index is 13.6. The third-order valence-electron chi connectivity index (χ3n) is 4.83. The molecule has 0 N–H and O–H groups in total. The van der Waals surface area contributed by atoms with E-state index in [9.17, 15) is 4.79 Å². The fourth-order valence-corrected chi connectivity index (χ4v) is 6.27. The number of amides is 1. The molecule has 0 aliphatic carbocycles. The van der Waals surface area contributed by atoms with E-state index in [0.717, 1.165) is 38.8 Å². The molecule has 4 nitrogen and oxygen atoms in total. The zero-order valence-corrected chi connectivity index (χ0v) is 20.1. The summed E-state index contributed by atoms with van der Waals surface area (Å²) in [4.78, 5) is 22.8.